The molecule has 0 aliphatic carbocycles. The van der Waals surface area contributed by atoms with Crippen LogP contribution in [0.15, 0.2) is 29.2 Å². The van der Waals surface area contributed by atoms with Crippen molar-refractivity contribution in [3.8, 4) is 0 Å². The normalized spacial score (nSPS) is 19.7. The van der Waals surface area contributed by atoms with E-state index in [1.54, 1.807) is 16.7 Å². The van der Waals surface area contributed by atoms with Crippen molar-refractivity contribution in [3.63, 3.8) is 0 Å². The summed E-state index contributed by atoms with van der Waals surface area (Å²) in [5, 5.41) is 2.96. The van der Waals surface area contributed by atoms with Gasteiger partial charge >= 0.3 is 6.03 Å². The summed E-state index contributed by atoms with van der Waals surface area (Å²) in [6.45, 7) is 3.89. The number of para-hydroxylation sites is 1. The number of carbonyl (C=O) groups is 1. The fourth-order valence-electron chi connectivity index (χ4n) is 1.95. The zero-order chi connectivity index (χ0) is 13.0. The molecule has 4 nitrogen and oxygen atoms in total. The van der Waals surface area contributed by atoms with Gasteiger partial charge in [-0.25, -0.2) is 4.79 Å². The Hall–Kier alpha value is -1.20. The highest BCUT2D eigenvalue weighted by Gasteiger charge is 2.21. The molecule has 18 heavy (non-hydrogen) atoms. The number of hydrogen-bond acceptors (Lipinski definition) is 3. The molecule has 1 aliphatic rings. The minimum Gasteiger partial charge on any atom is -0.375 e. The second-order valence-corrected chi connectivity index (χ2v) is 5.11. The van der Waals surface area contributed by atoms with Gasteiger partial charge in [-0.05, 0) is 25.3 Å². The molecule has 1 aromatic carbocycles. The molecule has 0 bridgehead atoms. The summed E-state index contributed by atoms with van der Waals surface area (Å²) < 4.78 is 5.43. The predicted molar refractivity (Wildman–Crippen MR) is 74.2 cm³/mol. The molecule has 98 valence electrons. The van der Waals surface area contributed by atoms with Gasteiger partial charge in [0.15, 0.2) is 0 Å². The molecule has 2 rings (SSSR count). The molecule has 0 radical (unpaired) electrons. The van der Waals surface area contributed by atoms with Crippen LogP contribution in [-0.2, 0) is 4.74 Å². The van der Waals surface area contributed by atoms with E-state index in [-0.39, 0.29) is 12.1 Å². The molecular formula is C13H18N2O2S. The topological polar surface area (TPSA) is 41.6 Å². The van der Waals surface area contributed by atoms with Gasteiger partial charge in [0.1, 0.15) is 0 Å². The number of benzene rings is 1. The number of nitrogens with one attached hydrogen (secondary N) is 1. The van der Waals surface area contributed by atoms with Crippen LogP contribution in [0, 0.1) is 0 Å². The van der Waals surface area contributed by atoms with Gasteiger partial charge in [0, 0.05) is 18.0 Å². The van der Waals surface area contributed by atoms with Crippen molar-refractivity contribution in [1.29, 1.82) is 0 Å². The Labute approximate surface area is 112 Å². The fraction of sp³-hybridized carbons (Fsp3) is 0.462. The largest absolute Gasteiger partial charge is 0.375 e. The quantitative estimate of drug-likeness (QED) is 0.837. The Bertz CT molecular complexity index is 425. The lowest BCUT2D eigenvalue weighted by molar-refractivity contribution is -0.00139. The second kappa shape index (κ2) is 6.11. The first-order valence-corrected chi connectivity index (χ1v) is 7.23. The van der Waals surface area contributed by atoms with Crippen LogP contribution in [-0.4, -0.2) is 43.0 Å². The van der Waals surface area contributed by atoms with E-state index in [4.69, 9.17) is 4.74 Å². The molecule has 1 heterocycles. The van der Waals surface area contributed by atoms with E-state index < -0.39 is 0 Å². The van der Waals surface area contributed by atoms with Crippen molar-refractivity contribution in [2.75, 3.05) is 31.3 Å². The summed E-state index contributed by atoms with van der Waals surface area (Å²) in [5.41, 5.74) is 0.870. The maximum absolute atomic E-state index is 12.1. The third-order valence-electron chi connectivity index (χ3n) is 2.88. The third-order valence-corrected chi connectivity index (χ3v) is 3.67. The molecule has 1 aromatic rings. The molecule has 1 N–H and O–H groups in total. The Kier molecular flexibility index (Phi) is 4.49. The smallest absolute Gasteiger partial charge is 0.322 e. The standard InChI is InChI=1S/C13H18N2O2S/c1-10-9-15(7-8-17-10)13(16)14-11-5-3-4-6-12(11)18-2/h3-6,10H,7-9H2,1-2H3,(H,14,16)/t10-/m0/s1. The van der Waals surface area contributed by atoms with Crippen molar-refractivity contribution in [1.82, 2.24) is 4.90 Å². The number of carbonyl (C=O) groups excluding carboxylic acids is 1. The van der Waals surface area contributed by atoms with Crippen LogP contribution in [0.5, 0.6) is 0 Å². The molecule has 1 atom stereocenters. The van der Waals surface area contributed by atoms with E-state index in [1.807, 2.05) is 37.4 Å². The monoisotopic (exact) mass is 266 g/mol. The highest BCUT2D eigenvalue weighted by atomic mass is 32.2. The van der Waals surface area contributed by atoms with Crippen LogP contribution in [0.3, 0.4) is 0 Å². The molecule has 5 heteroatoms. The van der Waals surface area contributed by atoms with Gasteiger partial charge < -0.3 is 15.0 Å². The van der Waals surface area contributed by atoms with Crippen molar-refractivity contribution in [3.05, 3.63) is 24.3 Å². The molecule has 0 spiro atoms. The molecular weight excluding hydrogens is 248 g/mol. The van der Waals surface area contributed by atoms with Gasteiger partial charge in [-0.3, -0.25) is 0 Å². The lowest BCUT2D eigenvalue weighted by atomic mass is 10.3. The number of anilines is 1. The maximum Gasteiger partial charge on any atom is 0.322 e. The number of hydrogen-bond donors (Lipinski definition) is 1. The van der Waals surface area contributed by atoms with Crippen molar-refractivity contribution >= 4 is 23.5 Å². The Morgan fingerprint density at radius 1 is 1.50 bits per heavy atom. The fourth-order valence-corrected chi connectivity index (χ4v) is 2.50. The van der Waals surface area contributed by atoms with Crippen molar-refractivity contribution < 1.29 is 9.53 Å². The Balaban J connectivity index is 2.02. The number of nitrogens with zero attached hydrogens (tertiary/aromatic N) is 1. The molecule has 0 unspecified atom stereocenters. The van der Waals surface area contributed by atoms with E-state index in [1.165, 1.54) is 0 Å². The summed E-state index contributed by atoms with van der Waals surface area (Å²) in [6.07, 6.45) is 2.11. The van der Waals surface area contributed by atoms with Crippen LogP contribution in [0.25, 0.3) is 0 Å². The number of thioether (sulfide) groups is 1. The first-order valence-electron chi connectivity index (χ1n) is 6.01. The number of amides is 2. The summed E-state index contributed by atoms with van der Waals surface area (Å²) in [6, 6.07) is 7.78. The number of ether oxygens (including phenoxy) is 1. The van der Waals surface area contributed by atoms with Crippen LogP contribution in [0.4, 0.5) is 10.5 Å². The van der Waals surface area contributed by atoms with Crippen LogP contribution < -0.4 is 5.32 Å². The minimum absolute atomic E-state index is 0.0494. The van der Waals surface area contributed by atoms with Crippen LogP contribution in [0.2, 0.25) is 0 Å². The highest BCUT2D eigenvalue weighted by molar-refractivity contribution is 7.98. The molecule has 0 saturated carbocycles. The van der Waals surface area contributed by atoms with Crippen molar-refractivity contribution in [2.45, 2.75) is 17.9 Å². The van der Waals surface area contributed by atoms with E-state index in [0.29, 0.717) is 19.7 Å². The van der Waals surface area contributed by atoms with E-state index in [0.717, 1.165) is 10.6 Å². The van der Waals surface area contributed by atoms with Gasteiger partial charge in [0.05, 0.1) is 18.4 Å². The lowest BCUT2D eigenvalue weighted by Gasteiger charge is -2.31. The minimum atomic E-state index is -0.0494. The lowest BCUT2D eigenvalue weighted by Crippen LogP contribution is -2.46. The first kappa shape index (κ1) is 13.2. The van der Waals surface area contributed by atoms with Gasteiger partial charge in [-0.15, -0.1) is 11.8 Å². The number of rotatable bonds is 2. The van der Waals surface area contributed by atoms with E-state index >= 15 is 0 Å². The van der Waals surface area contributed by atoms with Crippen LogP contribution in [0.1, 0.15) is 6.92 Å². The predicted octanol–water partition coefficient (Wildman–Crippen LogP) is 2.66. The maximum atomic E-state index is 12.1. The average molecular weight is 266 g/mol. The van der Waals surface area contributed by atoms with Gasteiger partial charge in [-0.1, -0.05) is 12.1 Å². The summed E-state index contributed by atoms with van der Waals surface area (Å²) >= 11 is 1.63. The molecule has 1 fully saturated rings. The number of urea groups is 1. The van der Waals surface area contributed by atoms with E-state index in [9.17, 15) is 4.79 Å². The van der Waals surface area contributed by atoms with Gasteiger partial charge in [-0.2, -0.15) is 0 Å². The van der Waals surface area contributed by atoms with Gasteiger partial charge in [0.2, 0.25) is 0 Å². The molecule has 1 saturated heterocycles. The van der Waals surface area contributed by atoms with E-state index in [2.05, 4.69) is 5.32 Å². The summed E-state index contributed by atoms with van der Waals surface area (Å²) in [5.74, 6) is 0. The number of morpholine rings is 1. The Morgan fingerprint density at radius 2 is 2.28 bits per heavy atom. The third kappa shape index (κ3) is 3.17. The highest BCUT2D eigenvalue weighted by Crippen LogP contribution is 2.24. The first-order chi connectivity index (χ1) is 8.70. The van der Waals surface area contributed by atoms with Gasteiger partial charge in [0.25, 0.3) is 0 Å². The van der Waals surface area contributed by atoms with Crippen molar-refractivity contribution in [2.24, 2.45) is 0 Å². The SMILES string of the molecule is CSc1ccccc1NC(=O)N1CCO[C@@H](C)C1. The Morgan fingerprint density at radius 3 is 3.00 bits per heavy atom. The molecule has 2 amide bonds. The zero-order valence-electron chi connectivity index (χ0n) is 10.7. The second-order valence-electron chi connectivity index (χ2n) is 4.26. The zero-order valence-corrected chi connectivity index (χ0v) is 11.5. The molecule has 1 aliphatic heterocycles. The molecule has 0 aromatic heterocycles. The summed E-state index contributed by atoms with van der Waals surface area (Å²) in [7, 11) is 0. The van der Waals surface area contributed by atoms with Crippen LogP contribution >= 0.6 is 11.8 Å². The summed E-state index contributed by atoms with van der Waals surface area (Å²) in [4.78, 5) is 15.0. The average Bonchev–Trinajstić information content (AvgIpc) is 2.39.